The molecule has 0 bridgehead atoms. The lowest BCUT2D eigenvalue weighted by Crippen LogP contribution is -2.39. The smallest absolute Gasteiger partial charge is 0.228 e. The molecule has 1 fully saturated rings. The molecule has 3 aromatic rings. The summed E-state index contributed by atoms with van der Waals surface area (Å²) in [6.07, 6.45) is 7.49. The van der Waals surface area contributed by atoms with E-state index >= 15 is 0 Å². The van der Waals surface area contributed by atoms with Gasteiger partial charge in [0.05, 0.1) is 11.6 Å². The minimum absolute atomic E-state index is 0.179. The third-order valence-electron chi connectivity index (χ3n) is 6.77. The maximum Gasteiger partial charge on any atom is 0.228 e. The maximum atomic E-state index is 12.6. The molecule has 1 atom stereocenters. The number of pyridine rings is 1. The molecule has 0 radical (unpaired) electrons. The highest BCUT2D eigenvalue weighted by atomic mass is 16.2. The number of hydrogen-bond donors (Lipinski definition) is 0. The summed E-state index contributed by atoms with van der Waals surface area (Å²) in [4.78, 5) is 31.5. The second-order valence-corrected chi connectivity index (χ2v) is 9.03. The van der Waals surface area contributed by atoms with Gasteiger partial charge in [-0.2, -0.15) is 0 Å². The highest BCUT2D eigenvalue weighted by Gasteiger charge is 2.31. The van der Waals surface area contributed by atoms with Gasteiger partial charge in [0.2, 0.25) is 5.91 Å². The summed E-state index contributed by atoms with van der Waals surface area (Å²) in [6, 6.07) is 10.8. The molecule has 2 aliphatic rings. The predicted octanol–water partition coefficient (Wildman–Crippen LogP) is 4.75. The summed E-state index contributed by atoms with van der Waals surface area (Å²) in [5.74, 6) is 1.92. The van der Waals surface area contributed by atoms with Crippen molar-refractivity contribution in [3.8, 4) is 0 Å². The second kappa shape index (κ2) is 8.94. The number of benzene rings is 1. The highest BCUT2D eigenvalue weighted by Crippen LogP contribution is 2.35. The van der Waals surface area contributed by atoms with Crippen molar-refractivity contribution in [2.45, 2.75) is 65.0 Å². The molecular weight excluding hydrogens is 398 g/mol. The molecule has 32 heavy (non-hydrogen) atoms. The van der Waals surface area contributed by atoms with Crippen LogP contribution >= 0.6 is 0 Å². The number of carbonyl (C=O) groups excluding carboxylic acids is 1. The van der Waals surface area contributed by atoms with Gasteiger partial charge in [-0.05, 0) is 62.9 Å². The largest absolute Gasteiger partial charge is 0.296 e. The van der Waals surface area contributed by atoms with Gasteiger partial charge in [-0.25, -0.2) is 9.97 Å². The number of anilines is 1. The molecule has 6 heteroatoms. The Balaban J connectivity index is 1.47. The first-order valence-corrected chi connectivity index (χ1v) is 11.9. The van der Waals surface area contributed by atoms with Crippen molar-refractivity contribution >= 4 is 22.6 Å². The zero-order valence-electron chi connectivity index (χ0n) is 19.0. The molecule has 2 aliphatic heterocycles. The van der Waals surface area contributed by atoms with E-state index in [9.17, 15) is 4.79 Å². The van der Waals surface area contributed by atoms with Crippen LogP contribution in [0.1, 0.15) is 67.7 Å². The van der Waals surface area contributed by atoms with Gasteiger partial charge in [0.15, 0.2) is 0 Å². The monoisotopic (exact) mass is 429 g/mol. The fourth-order valence-electron chi connectivity index (χ4n) is 5.14. The average Bonchev–Trinajstić information content (AvgIpc) is 2.81. The van der Waals surface area contributed by atoms with Crippen LogP contribution in [-0.2, 0) is 17.8 Å². The number of amides is 1. The summed E-state index contributed by atoms with van der Waals surface area (Å²) in [6.45, 7) is 6.81. The van der Waals surface area contributed by atoms with Crippen LogP contribution < -0.4 is 4.90 Å². The van der Waals surface area contributed by atoms with Gasteiger partial charge in [-0.1, -0.05) is 25.5 Å². The van der Waals surface area contributed by atoms with Crippen LogP contribution in [0.25, 0.3) is 10.9 Å². The number of fused-ring (bicyclic) bond motifs is 2. The molecule has 4 heterocycles. The van der Waals surface area contributed by atoms with Gasteiger partial charge in [0, 0.05) is 42.4 Å². The van der Waals surface area contributed by atoms with Crippen LogP contribution in [0.2, 0.25) is 0 Å². The first kappa shape index (κ1) is 21.0. The molecular formula is C26H31N5O. The molecule has 0 unspecified atom stereocenters. The van der Waals surface area contributed by atoms with E-state index in [0.29, 0.717) is 6.42 Å². The number of aryl methyl sites for hydroxylation is 1. The van der Waals surface area contributed by atoms with Gasteiger partial charge in [0.1, 0.15) is 11.6 Å². The molecule has 1 aromatic carbocycles. The molecule has 5 rings (SSSR count). The van der Waals surface area contributed by atoms with Gasteiger partial charge >= 0.3 is 0 Å². The molecule has 0 N–H and O–H groups in total. The molecule has 1 amide bonds. The molecule has 1 saturated heterocycles. The minimum Gasteiger partial charge on any atom is -0.296 e. The van der Waals surface area contributed by atoms with Crippen molar-refractivity contribution in [2.75, 3.05) is 18.0 Å². The Bertz CT molecular complexity index is 1140. The SMILES string of the molecule is CCCN1C(=O)CCc2c(C)nc([C@@H]3CCCCN3Cc3ccc4ncccc4c3)nc21. The van der Waals surface area contributed by atoms with E-state index in [0.717, 1.165) is 67.3 Å². The van der Waals surface area contributed by atoms with Crippen LogP contribution in [0.4, 0.5) is 5.82 Å². The van der Waals surface area contributed by atoms with E-state index in [1.807, 2.05) is 17.2 Å². The van der Waals surface area contributed by atoms with Gasteiger partial charge in [0.25, 0.3) is 0 Å². The summed E-state index contributed by atoms with van der Waals surface area (Å²) < 4.78 is 0. The molecule has 0 spiro atoms. The zero-order chi connectivity index (χ0) is 22.1. The average molecular weight is 430 g/mol. The van der Waals surface area contributed by atoms with Gasteiger partial charge < -0.3 is 0 Å². The molecule has 166 valence electrons. The number of carbonyl (C=O) groups is 1. The first-order chi connectivity index (χ1) is 15.6. The molecule has 0 aliphatic carbocycles. The fourth-order valence-corrected chi connectivity index (χ4v) is 5.14. The number of piperidine rings is 1. The number of likely N-dealkylation sites (tertiary alicyclic amines) is 1. The highest BCUT2D eigenvalue weighted by molar-refractivity contribution is 5.95. The van der Waals surface area contributed by atoms with Crippen LogP contribution in [-0.4, -0.2) is 38.8 Å². The summed E-state index contributed by atoms with van der Waals surface area (Å²) in [5, 5.41) is 1.17. The first-order valence-electron chi connectivity index (χ1n) is 11.9. The minimum atomic E-state index is 0.179. The van der Waals surface area contributed by atoms with Crippen molar-refractivity contribution in [1.82, 2.24) is 19.9 Å². The molecule has 0 saturated carbocycles. The van der Waals surface area contributed by atoms with E-state index in [2.05, 4.69) is 48.0 Å². The fraction of sp³-hybridized carbons (Fsp3) is 0.462. The summed E-state index contributed by atoms with van der Waals surface area (Å²) in [7, 11) is 0. The predicted molar refractivity (Wildman–Crippen MR) is 126 cm³/mol. The van der Waals surface area contributed by atoms with Gasteiger partial charge in [-0.15, -0.1) is 0 Å². The Hall–Kier alpha value is -2.86. The van der Waals surface area contributed by atoms with E-state index in [4.69, 9.17) is 9.97 Å². The van der Waals surface area contributed by atoms with Crippen molar-refractivity contribution in [2.24, 2.45) is 0 Å². The topological polar surface area (TPSA) is 62.2 Å². The van der Waals surface area contributed by atoms with Gasteiger partial charge in [-0.3, -0.25) is 19.6 Å². The Morgan fingerprint density at radius 1 is 1.12 bits per heavy atom. The standard InChI is InChI=1S/C26H31N5O/c1-3-14-31-24(32)12-10-21-18(2)28-25(29-26(21)31)23-8-4-5-15-30(23)17-19-9-11-22-20(16-19)7-6-13-27-22/h6-7,9,11,13,16,23H,3-5,8,10,12,14-15,17H2,1-2H3/t23-/m0/s1. The number of hydrogen-bond acceptors (Lipinski definition) is 5. The van der Waals surface area contributed by atoms with Crippen molar-refractivity contribution < 1.29 is 4.79 Å². The number of aromatic nitrogens is 3. The van der Waals surface area contributed by atoms with E-state index in [1.165, 1.54) is 23.8 Å². The van der Waals surface area contributed by atoms with E-state index in [1.54, 1.807) is 0 Å². The van der Waals surface area contributed by atoms with Crippen LogP contribution in [0.15, 0.2) is 36.5 Å². The Morgan fingerprint density at radius 2 is 2.03 bits per heavy atom. The molecule has 6 nitrogen and oxygen atoms in total. The summed E-state index contributed by atoms with van der Waals surface area (Å²) in [5.41, 5.74) is 4.49. The lowest BCUT2D eigenvalue weighted by atomic mass is 9.98. The summed E-state index contributed by atoms with van der Waals surface area (Å²) >= 11 is 0. The van der Waals surface area contributed by atoms with Crippen LogP contribution in [0, 0.1) is 6.92 Å². The Morgan fingerprint density at radius 3 is 2.91 bits per heavy atom. The quantitative estimate of drug-likeness (QED) is 0.586. The lowest BCUT2D eigenvalue weighted by Gasteiger charge is -2.36. The normalized spacial score (nSPS) is 19.4. The lowest BCUT2D eigenvalue weighted by molar-refractivity contribution is -0.119. The van der Waals surface area contributed by atoms with Crippen molar-refractivity contribution in [3.05, 3.63) is 59.2 Å². The van der Waals surface area contributed by atoms with E-state index < -0.39 is 0 Å². The van der Waals surface area contributed by atoms with E-state index in [-0.39, 0.29) is 11.9 Å². The maximum absolute atomic E-state index is 12.6. The van der Waals surface area contributed by atoms with Crippen LogP contribution in [0.5, 0.6) is 0 Å². The van der Waals surface area contributed by atoms with Crippen molar-refractivity contribution in [1.29, 1.82) is 0 Å². The Labute approximate surface area is 189 Å². The third kappa shape index (κ3) is 3.99. The zero-order valence-corrected chi connectivity index (χ0v) is 19.0. The third-order valence-corrected chi connectivity index (χ3v) is 6.77. The van der Waals surface area contributed by atoms with Crippen molar-refractivity contribution in [3.63, 3.8) is 0 Å². The number of rotatable bonds is 5. The Kier molecular flexibility index (Phi) is 5.87. The second-order valence-electron chi connectivity index (χ2n) is 9.03. The molecule has 2 aromatic heterocycles. The van der Waals surface area contributed by atoms with Crippen LogP contribution in [0.3, 0.4) is 0 Å². The number of nitrogens with zero attached hydrogens (tertiary/aromatic N) is 5.